The quantitative estimate of drug-likeness (QED) is 0.839. The van der Waals surface area contributed by atoms with Crippen molar-refractivity contribution in [3.05, 3.63) is 17.7 Å². The van der Waals surface area contributed by atoms with Crippen LogP contribution in [0.3, 0.4) is 0 Å². The Labute approximate surface area is 131 Å². The third-order valence-corrected chi connectivity index (χ3v) is 4.67. The standard InChI is InChI=1S/C16H24N4O2/c1-12-9-18(2)16(17-12)13-5-3-7-19(10-13)15(22)11-20-8-4-6-14(20)21/h9,13H,3-8,10-11H2,1-2H3/t13-/m0/s1. The molecule has 3 rings (SSSR count). The Morgan fingerprint density at radius 3 is 2.82 bits per heavy atom. The van der Waals surface area contributed by atoms with E-state index in [1.165, 1.54) is 0 Å². The second kappa shape index (κ2) is 6.10. The predicted molar refractivity (Wildman–Crippen MR) is 82.3 cm³/mol. The van der Waals surface area contributed by atoms with Gasteiger partial charge in [-0.15, -0.1) is 0 Å². The number of carbonyl (C=O) groups is 2. The Morgan fingerprint density at radius 1 is 1.36 bits per heavy atom. The Morgan fingerprint density at radius 2 is 2.18 bits per heavy atom. The molecule has 0 radical (unpaired) electrons. The van der Waals surface area contributed by atoms with E-state index in [9.17, 15) is 9.59 Å². The Hall–Kier alpha value is -1.85. The topological polar surface area (TPSA) is 58.4 Å². The monoisotopic (exact) mass is 304 g/mol. The summed E-state index contributed by atoms with van der Waals surface area (Å²) in [5, 5.41) is 0. The summed E-state index contributed by atoms with van der Waals surface area (Å²) < 4.78 is 2.07. The van der Waals surface area contributed by atoms with Crippen LogP contribution in [-0.4, -0.2) is 57.3 Å². The minimum Gasteiger partial charge on any atom is -0.340 e. The lowest BCUT2D eigenvalue weighted by molar-refractivity contribution is -0.139. The van der Waals surface area contributed by atoms with E-state index in [0.717, 1.165) is 43.9 Å². The molecule has 1 aromatic rings. The van der Waals surface area contributed by atoms with E-state index in [0.29, 0.717) is 18.9 Å². The molecule has 1 aromatic heterocycles. The third kappa shape index (κ3) is 3.00. The number of piperidine rings is 1. The van der Waals surface area contributed by atoms with Gasteiger partial charge < -0.3 is 14.4 Å². The van der Waals surface area contributed by atoms with E-state index in [4.69, 9.17) is 0 Å². The van der Waals surface area contributed by atoms with Gasteiger partial charge in [-0.2, -0.15) is 0 Å². The van der Waals surface area contributed by atoms with Crippen LogP contribution < -0.4 is 0 Å². The fraction of sp³-hybridized carbons (Fsp3) is 0.688. The van der Waals surface area contributed by atoms with Crippen LogP contribution in [0.1, 0.15) is 43.1 Å². The molecule has 0 N–H and O–H groups in total. The van der Waals surface area contributed by atoms with Crippen LogP contribution in [0.25, 0.3) is 0 Å². The first kappa shape index (κ1) is 15.1. The largest absolute Gasteiger partial charge is 0.340 e. The van der Waals surface area contributed by atoms with Gasteiger partial charge in [0, 0.05) is 45.2 Å². The van der Waals surface area contributed by atoms with Gasteiger partial charge in [0.05, 0.1) is 12.2 Å². The van der Waals surface area contributed by atoms with E-state index in [1.807, 2.05) is 25.1 Å². The molecule has 2 aliphatic heterocycles. The van der Waals surface area contributed by atoms with Gasteiger partial charge in [0.25, 0.3) is 0 Å². The second-order valence-corrected chi connectivity index (χ2v) is 6.45. The number of aryl methyl sites for hydroxylation is 2. The molecule has 0 spiro atoms. The van der Waals surface area contributed by atoms with Crippen LogP contribution in [-0.2, 0) is 16.6 Å². The zero-order valence-electron chi connectivity index (χ0n) is 13.4. The van der Waals surface area contributed by atoms with E-state index in [2.05, 4.69) is 9.55 Å². The fourth-order valence-electron chi connectivity index (χ4n) is 3.56. The minimum absolute atomic E-state index is 0.0749. The summed E-state index contributed by atoms with van der Waals surface area (Å²) in [4.78, 5) is 32.3. The number of hydrogen-bond donors (Lipinski definition) is 0. The van der Waals surface area contributed by atoms with Crippen LogP contribution in [0.4, 0.5) is 0 Å². The molecule has 0 aliphatic carbocycles. The average molecular weight is 304 g/mol. The molecule has 6 heteroatoms. The number of rotatable bonds is 3. The van der Waals surface area contributed by atoms with Crippen LogP contribution in [0.2, 0.25) is 0 Å². The number of hydrogen-bond acceptors (Lipinski definition) is 3. The summed E-state index contributed by atoms with van der Waals surface area (Å²) in [5.74, 6) is 1.55. The van der Waals surface area contributed by atoms with Crippen LogP contribution in [0.5, 0.6) is 0 Å². The molecule has 22 heavy (non-hydrogen) atoms. The maximum atomic E-state index is 12.5. The van der Waals surface area contributed by atoms with Crippen molar-refractivity contribution < 1.29 is 9.59 Å². The molecule has 2 saturated heterocycles. The van der Waals surface area contributed by atoms with Crippen molar-refractivity contribution in [1.82, 2.24) is 19.4 Å². The molecular weight excluding hydrogens is 280 g/mol. The van der Waals surface area contributed by atoms with Gasteiger partial charge in [-0.3, -0.25) is 9.59 Å². The molecule has 0 aromatic carbocycles. The van der Waals surface area contributed by atoms with Crippen molar-refractivity contribution in [3.63, 3.8) is 0 Å². The average Bonchev–Trinajstić information content (AvgIpc) is 3.05. The Bertz CT molecular complexity index is 581. The van der Waals surface area contributed by atoms with Crippen LogP contribution >= 0.6 is 0 Å². The molecular formula is C16H24N4O2. The zero-order chi connectivity index (χ0) is 15.7. The predicted octanol–water partition coefficient (Wildman–Crippen LogP) is 1.06. The number of imidazole rings is 1. The highest BCUT2D eigenvalue weighted by Crippen LogP contribution is 2.26. The molecule has 6 nitrogen and oxygen atoms in total. The highest BCUT2D eigenvalue weighted by molar-refractivity contribution is 5.86. The van der Waals surface area contributed by atoms with Gasteiger partial charge in [-0.25, -0.2) is 4.98 Å². The smallest absolute Gasteiger partial charge is 0.242 e. The summed E-state index contributed by atoms with van der Waals surface area (Å²) >= 11 is 0. The molecule has 0 bridgehead atoms. The van der Waals surface area contributed by atoms with Crippen molar-refractivity contribution in [2.24, 2.45) is 7.05 Å². The normalized spacial score (nSPS) is 22.5. The number of nitrogens with zero attached hydrogens (tertiary/aromatic N) is 4. The lowest BCUT2D eigenvalue weighted by atomic mass is 9.97. The lowest BCUT2D eigenvalue weighted by Gasteiger charge is -2.33. The molecule has 2 fully saturated rings. The second-order valence-electron chi connectivity index (χ2n) is 6.45. The maximum Gasteiger partial charge on any atom is 0.242 e. The van der Waals surface area contributed by atoms with E-state index in [1.54, 1.807) is 4.90 Å². The summed E-state index contributed by atoms with van der Waals surface area (Å²) in [6, 6.07) is 0. The molecule has 0 unspecified atom stereocenters. The van der Waals surface area contributed by atoms with Gasteiger partial charge in [-0.05, 0) is 26.2 Å². The van der Waals surface area contributed by atoms with Crippen molar-refractivity contribution in [2.75, 3.05) is 26.2 Å². The lowest BCUT2D eigenvalue weighted by Crippen LogP contribution is -2.45. The van der Waals surface area contributed by atoms with Gasteiger partial charge in [0.2, 0.25) is 11.8 Å². The summed E-state index contributed by atoms with van der Waals surface area (Å²) in [6.07, 6.45) is 5.55. The van der Waals surface area contributed by atoms with Crippen molar-refractivity contribution in [3.8, 4) is 0 Å². The Kier molecular flexibility index (Phi) is 4.18. The first-order chi connectivity index (χ1) is 10.5. The number of likely N-dealkylation sites (tertiary alicyclic amines) is 2. The highest BCUT2D eigenvalue weighted by Gasteiger charge is 2.30. The van der Waals surface area contributed by atoms with Gasteiger partial charge in [-0.1, -0.05) is 0 Å². The molecule has 120 valence electrons. The molecule has 2 aliphatic rings. The van der Waals surface area contributed by atoms with Gasteiger partial charge in [0.15, 0.2) is 0 Å². The van der Waals surface area contributed by atoms with Crippen molar-refractivity contribution in [1.29, 1.82) is 0 Å². The van der Waals surface area contributed by atoms with Crippen molar-refractivity contribution in [2.45, 2.75) is 38.5 Å². The molecule has 2 amide bonds. The number of aromatic nitrogens is 2. The summed E-state index contributed by atoms with van der Waals surface area (Å²) in [6.45, 7) is 4.46. The molecule has 3 heterocycles. The summed E-state index contributed by atoms with van der Waals surface area (Å²) in [5.41, 5.74) is 1.02. The molecule has 1 atom stereocenters. The number of amides is 2. The zero-order valence-corrected chi connectivity index (χ0v) is 13.4. The molecule has 0 saturated carbocycles. The van der Waals surface area contributed by atoms with Crippen LogP contribution in [0.15, 0.2) is 6.20 Å². The fourth-order valence-corrected chi connectivity index (χ4v) is 3.56. The highest BCUT2D eigenvalue weighted by atomic mass is 16.2. The third-order valence-electron chi connectivity index (χ3n) is 4.67. The minimum atomic E-state index is 0.0749. The van der Waals surface area contributed by atoms with E-state index in [-0.39, 0.29) is 18.4 Å². The number of carbonyl (C=O) groups excluding carboxylic acids is 2. The SMILES string of the molecule is Cc1cn(C)c([C@H]2CCCN(C(=O)CN3CCCC3=O)C2)n1. The first-order valence-electron chi connectivity index (χ1n) is 8.10. The van der Waals surface area contributed by atoms with E-state index < -0.39 is 0 Å². The van der Waals surface area contributed by atoms with Crippen molar-refractivity contribution >= 4 is 11.8 Å². The van der Waals surface area contributed by atoms with E-state index >= 15 is 0 Å². The Balaban J connectivity index is 1.64. The first-order valence-corrected chi connectivity index (χ1v) is 8.10. The van der Waals surface area contributed by atoms with Gasteiger partial charge in [0.1, 0.15) is 5.82 Å². The van der Waals surface area contributed by atoms with Gasteiger partial charge >= 0.3 is 0 Å². The summed E-state index contributed by atoms with van der Waals surface area (Å²) in [7, 11) is 2.01. The maximum absolute atomic E-state index is 12.5. The van der Waals surface area contributed by atoms with Crippen LogP contribution in [0, 0.1) is 6.92 Å².